The summed E-state index contributed by atoms with van der Waals surface area (Å²) in [7, 11) is 0. The molecular formula is C14H29N3O2. The molecular weight excluding hydrogens is 242 g/mol. The molecule has 0 radical (unpaired) electrons. The summed E-state index contributed by atoms with van der Waals surface area (Å²) in [6.07, 6.45) is 4.43. The Balaban J connectivity index is 2.22. The van der Waals surface area contributed by atoms with Gasteiger partial charge in [-0.1, -0.05) is 6.92 Å². The summed E-state index contributed by atoms with van der Waals surface area (Å²) in [5.74, 6) is -0.238. The van der Waals surface area contributed by atoms with Gasteiger partial charge in [0.05, 0.1) is 12.1 Å². The third-order valence-electron chi connectivity index (χ3n) is 3.66. The Hall–Kier alpha value is -0.650. The summed E-state index contributed by atoms with van der Waals surface area (Å²) >= 11 is 0. The Labute approximate surface area is 116 Å². The van der Waals surface area contributed by atoms with E-state index in [1.54, 1.807) is 0 Å². The van der Waals surface area contributed by atoms with E-state index < -0.39 is 0 Å². The number of carbonyl (C=O) groups excluding carboxylic acids is 1. The molecule has 0 spiro atoms. The summed E-state index contributed by atoms with van der Waals surface area (Å²) in [5, 5.41) is 3.21. The van der Waals surface area contributed by atoms with E-state index in [1.807, 2.05) is 6.92 Å². The first-order valence-corrected chi connectivity index (χ1v) is 7.54. The molecule has 0 aromatic rings. The zero-order valence-electron chi connectivity index (χ0n) is 12.4. The molecule has 1 rings (SSSR count). The molecule has 1 aliphatic heterocycles. The minimum atomic E-state index is -0.238. The SMILES string of the molecule is CCCNC(CCN1CCC(OCC)CC1)C(N)=O. The first kappa shape index (κ1) is 16.4. The van der Waals surface area contributed by atoms with Crippen LogP contribution in [0.15, 0.2) is 0 Å². The Morgan fingerprint density at radius 3 is 2.63 bits per heavy atom. The molecule has 1 atom stereocenters. The van der Waals surface area contributed by atoms with Gasteiger partial charge in [-0.25, -0.2) is 0 Å². The molecule has 1 fully saturated rings. The second-order valence-corrected chi connectivity index (χ2v) is 5.19. The first-order chi connectivity index (χ1) is 9.17. The quantitative estimate of drug-likeness (QED) is 0.649. The Morgan fingerprint density at radius 2 is 2.11 bits per heavy atom. The van der Waals surface area contributed by atoms with E-state index in [4.69, 9.17) is 10.5 Å². The highest BCUT2D eigenvalue weighted by Crippen LogP contribution is 2.14. The Kier molecular flexibility index (Phi) is 8.02. The fourth-order valence-electron chi connectivity index (χ4n) is 2.51. The van der Waals surface area contributed by atoms with Crippen LogP contribution < -0.4 is 11.1 Å². The van der Waals surface area contributed by atoms with Crippen LogP contribution in [-0.2, 0) is 9.53 Å². The fourth-order valence-corrected chi connectivity index (χ4v) is 2.51. The van der Waals surface area contributed by atoms with Crippen molar-refractivity contribution in [3.8, 4) is 0 Å². The Bertz CT molecular complexity index is 253. The standard InChI is InChI=1S/C14H29N3O2/c1-3-8-16-13(14(15)18)7-11-17-9-5-12(6-10-17)19-4-2/h12-13,16H,3-11H2,1-2H3,(H2,15,18). The molecule has 0 aromatic heterocycles. The molecule has 1 amide bonds. The van der Waals surface area contributed by atoms with Gasteiger partial charge in [0.2, 0.25) is 5.91 Å². The number of nitrogens with one attached hydrogen (secondary N) is 1. The molecule has 19 heavy (non-hydrogen) atoms. The third-order valence-corrected chi connectivity index (χ3v) is 3.66. The van der Waals surface area contributed by atoms with Crippen molar-refractivity contribution in [3.63, 3.8) is 0 Å². The van der Waals surface area contributed by atoms with E-state index in [0.717, 1.165) is 58.5 Å². The van der Waals surface area contributed by atoms with E-state index in [0.29, 0.717) is 6.10 Å². The number of piperidine rings is 1. The molecule has 112 valence electrons. The normalized spacial score (nSPS) is 19.5. The number of likely N-dealkylation sites (tertiary alicyclic amines) is 1. The summed E-state index contributed by atoms with van der Waals surface area (Å²) in [6, 6.07) is -0.190. The van der Waals surface area contributed by atoms with Gasteiger partial charge in [0.1, 0.15) is 0 Å². The van der Waals surface area contributed by atoms with Crippen LogP contribution in [-0.4, -0.2) is 55.7 Å². The second-order valence-electron chi connectivity index (χ2n) is 5.19. The number of rotatable bonds is 9. The summed E-state index contributed by atoms with van der Waals surface area (Å²) in [4.78, 5) is 13.7. The summed E-state index contributed by atoms with van der Waals surface area (Å²) in [5.41, 5.74) is 5.41. The van der Waals surface area contributed by atoms with E-state index in [1.165, 1.54) is 0 Å². The van der Waals surface area contributed by atoms with Crippen molar-refractivity contribution in [1.82, 2.24) is 10.2 Å². The number of carbonyl (C=O) groups is 1. The maximum atomic E-state index is 11.3. The Morgan fingerprint density at radius 1 is 1.42 bits per heavy atom. The molecule has 1 aliphatic rings. The van der Waals surface area contributed by atoms with Gasteiger partial charge in [0.15, 0.2) is 0 Å². The lowest BCUT2D eigenvalue weighted by atomic mass is 10.1. The number of nitrogens with zero attached hydrogens (tertiary/aromatic N) is 1. The van der Waals surface area contributed by atoms with Crippen molar-refractivity contribution in [2.75, 3.05) is 32.8 Å². The highest BCUT2D eigenvalue weighted by molar-refractivity contribution is 5.79. The topological polar surface area (TPSA) is 67.6 Å². The molecule has 0 aliphatic carbocycles. The second kappa shape index (κ2) is 9.28. The minimum absolute atomic E-state index is 0.190. The van der Waals surface area contributed by atoms with Crippen molar-refractivity contribution >= 4 is 5.91 Å². The van der Waals surface area contributed by atoms with Gasteiger partial charge in [-0.3, -0.25) is 4.79 Å². The zero-order valence-corrected chi connectivity index (χ0v) is 12.4. The third kappa shape index (κ3) is 6.36. The van der Waals surface area contributed by atoms with Crippen molar-refractivity contribution in [2.24, 2.45) is 5.73 Å². The van der Waals surface area contributed by atoms with Gasteiger partial charge < -0.3 is 20.7 Å². The van der Waals surface area contributed by atoms with E-state index in [2.05, 4.69) is 17.1 Å². The lowest BCUT2D eigenvalue weighted by Crippen LogP contribution is -2.45. The van der Waals surface area contributed by atoms with Gasteiger partial charge in [-0.2, -0.15) is 0 Å². The van der Waals surface area contributed by atoms with Crippen LogP contribution in [0.5, 0.6) is 0 Å². The smallest absolute Gasteiger partial charge is 0.234 e. The van der Waals surface area contributed by atoms with Crippen molar-refractivity contribution in [2.45, 2.75) is 51.7 Å². The van der Waals surface area contributed by atoms with Gasteiger partial charge in [-0.05, 0) is 39.2 Å². The number of ether oxygens (including phenoxy) is 1. The van der Waals surface area contributed by atoms with Gasteiger partial charge >= 0.3 is 0 Å². The summed E-state index contributed by atoms with van der Waals surface area (Å²) in [6.45, 7) is 8.83. The molecule has 5 nitrogen and oxygen atoms in total. The van der Waals surface area contributed by atoms with Crippen LogP contribution >= 0.6 is 0 Å². The molecule has 1 heterocycles. The van der Waals surface area contributed by atoms with Crippen LogP contribution in [0.2, 0.25) is 0 Å². The van der Waals surface area contributed by atoms with Gasteiger partial charge in [0, 0.05) is 26.2 Å². The number of amides is 1. The van der Waals surface area contributed by atoms with E-state index in [-0.39, 0.29) is 11.9 Å². The number of hydrogen-bond donors (Lipinski definition) is 2. The first-order valence-electron chi connectivity index (χ1n) is 7.54. The van der Waals surface area contributed by atoms with Crippen LogP contribution in [0, 0.1) is 0 Å². The molecule has 1 saturated heterocycles. The summed E-state index contributed by atoms with van der Waals surface area (Å²) < 4.78 is 5.63. The average molecular weight is 271 g/mol. The van der Waals surface area contributed by atoms with Crippen molar-refractivity contribution in [1.29, 1.82) is 0 Å². The number of nitrogens with two attached hydrogens (primary N) is 1. The van der Waals surface area contributed by atoms with Crippen LogP contribution in [0.4, 0.5) is 0 Å². The molecule has 0 saturated carbocycles. The number of hydrogen-bond acceptors (Lipinski definition) is 4. The van der Waals surface area contributed by atoms with Crippen molar-refractivity contribution < 1.29 is 9.53 Å². The fraction of sp³-hybridized carbons (Fsp3) is 0.929. The van der Waals surface area contributed by atoms with Crippen LogP contribution in [0.3, 0.4) is 0 Å². The molecule has 0 aromatic carbocycles. The monoisotopic (exact) mass is 271 g/mol. The molecule has 1 unspecified atom stereocenters. The van der Waals surface area contributed by atoms with E-state index in [9.17, 15) is 4.79 Å². The average Bonchev–Trinajstić information content (AvgIpc) is 2.40. The highest BCUT2D eigenvalue weighted by atomic mass is 16.5. The highest BCUT2D eigenvalue weighted by Gasteiger charge is 2.21. The molecule has 0 bridgehead atoms. The van der Waals surface area contributed by atoms with Gasteiger partial charge in [0.25, 0.3) is 0 Å². The zero-order chi connectivity index (χ0) is 14.1. The predicted octanol–water partition coefficient (Wildman–Crippen LogP) is 0.731. The minimum Gasteiger partial charge on any atom is -0.378 e. The van der Waals surface area contributed by atoms with Crippen LogP contribution in [0.1, 0.15) is 39.5 Å². The molecule has 5 heteroatoms. The molecule has 3 N–H and O–H groups in total. The van der Waals surface area contributed by atoms with Crippen LogP contribution in [0.25, 0.3) is 0 Å². The number of primary amides is 1. The van der Waals surface area contributed by atoms with E-state index >= 15 is 0 Å². The maximum Gasteiger partial charge on any atom is 0.234 e. The predicted molar refractivity (Wildman–Crippen MR) is 77.0 cm³/mol. The maximum absolute atomic E-state index is 11.3. The van der Waals surface area contributed by atoms with Gasteiger partial charge in [-0.15, -0.1) is 0 Å². The lowest BCUT2D eigenvalue weighted by molar-refractivity contribution is -0.120. The van der Waals surface area contributed by atoms with Crippen molar-refractivity contribution in [3.05, 3.63) is 0 Å². The lowest BCUT2D eigenvalue weighted by Gasteiger charge is -2.32. The largest absolute Gasteiger partial charge is 0.378 e.